The molecule has 0 spiro atoms. The fraction of sp³-hybridized carbons (Fsp3) is 0.939. The fourth-order valence-electron chi connectivity index (χ4n) is 7.29. The second kappa shape index (κ2) is 42.8. The molecule has 2 atom stereocenters. The first-order valence-corrected chi connectivity index (χ1v) is 26.5. The third kappa shape index (κ3) is 46.2. The Morgan fingerprint density at radius 1 is 0.534 bits per heavy atom. The van der Waals surface area contributed by atoms with Gasteiger partial charge < -0.3 is 18.9 Å². The topological polar surface area (TPSA) is 91.3 Å². The summed E-state index contributed by atoms with van der Waals surface area (Å²) >= 11 is 0. The monoisotopic (exact) mass is 845 g/mol. The van der Waals surface area contributed by atoms with Crippen LogP contribution >= 0.6 is 7.82 Å². The molecule has 9 heteroatoms. The number of hydrogen-bond donors (Lipinski definition) is 1. The van der Waals surface area contributed by atoms with E-state index in [0.29, 0.717) is 17.4 Å². The van der Waals surface area contributed by atoms with Crippen LogP contribution in [-0.2, 0) is 27.9 Å². The first-order valence-electron chi connectivity index (χ1n) is 25.0. The molecule has 0 bridgehead atoms. The molecule has 0 aromatic heterocycles. The average molecular weight is 845 g/mol. The van der Waals surface area contributed by atoms with Crippen molar-refractivity contribution >= 4 is 13.8 Å². The van der Waals surface area contributed by atoms with E-state index < -0.39 is 13.9 Å². The minimum atomic E-state index is -4.29. The van der Waals surface area contributed by atoms with Crippen molar-refractivity contribution in [1.82, 2.24) is 0 Å². The van der Waals surface area contributed by atoms with Gasteiger partial charge >= 0.3 is 13.8 Å². The summed E-state index contributed by atoms with van der Waals surface area (Å²) in [6, 6.07) is 0. The third-order valence-corrected chi connectivity index (χ3v) is 12.2. The van der Waals surface area contributed by atoms with Gasteiger partial charge in [-0.05, 0) is 25.3 Å². The molecule has 0 saturated carbocycles. The normalized spacial score (nSPS) is 13.6. The summed E-state index contributed by atoms with van der Waals surface area (Å²) < 4.78 is 34.9. The molecule has 346 valence electrons. The van der Waals surface area contributed by atoms with Gasteiger partial charge in [-0.1, -0.05) is 219 Å². The quantitative estimate of drug-likeness (QED) is 0.0214. The van der Waals surface area contributed by atoms with Crippen molar-refractivity contribution < 1.29 is 37.3 Å². The molecular weight excluding hydrogens is 746 g/mol. The van der Waals surface area contributed by atoms with Crippen LogP contribution in [0.5, 0.6) is 0 Å². The molecule has 0 radical (unpaired) electrons. The number of phosphoric ester groups is 1. The Balaban J connectivity index is 4.17. The molecule has 58 heavy (non-hydrogen) atoms. The van der Waals surface area contributed by atoms with E-state index in [1.165, 1.54) is 193 Å². The van der Waals surface area contributed by atoms with Crippen molar-refractivity contribution in [2.45, 2.75) is 251 Å². The lowest BCUT2D eigenvalue weighted by atomic mass is 10.0. The second-order valence-electron chi connectivity index (χ2n) is 18.3. The van der Waals surface area contributed by atoms with Crippen LogP contribution in [0.1, 0.15) is 245 Å². The van der Waals surface area contributed by atoms with Crippen molar-refractivity contribution in [3.63, 3.8) is 0 Å². The van der Waals surface area contributed by atoms with Crippen LogP contribution in [0.4, 0.5) is 0 Å². The number of carbonyl (C=O) groups is 1. The minimum absolute atomic E-state index is 0.0548. The molecular formula is C49H99NO7P+. The van der Waals surface area contributed by atoms with Crippen LogP contribution in [0.3, 0.4) is 0 Å². The summed E-state index contributed by atoms with van der Waals surface area (Å²) in [5, 5.41) is 0. The second-order valence-corrected chi connectivity index (χ2v) is 19.7. The van der Waals surface area contributed by atoms with E-state index in [9.17, 15) is 14.3 Å². The Hall–Kier alpha value is -0.920. The molecule has 0 rings (SSSR count). The number of hydrogen-bond acceptors (Lipinski definition) is 6. The summed E-state index contributed by atoms with van der Waals surface area (Å²) in [7, 11) is 1.65. The van der Waals surface area contributed by atoms with Crippen molar-refractivity contribution in [1.29, 1.82) is 0 Å². The first-order chi connectivity index (χ1) is 28.1. The summed E-state index contributed by atoms with van der Waals surface area (Å²) in [5.41, 5.74) is 0. The summed E-state index contributed by atoms with van der Waals surface area (Å²) in [5.74, 6) is -0.329. The van der Waals surface area contributed by atoms with Crippen LogP contribution in [0.25, 0.3) is 0 Å². The summed E-state index contributed by atoms with van der Waals surface area (Å²) in [6.45, 7) is 4.99. The van der Waals surface area contributed by atoms with Crippen molar-refractivity contribution in [2.75, 3.05) is 47.5 Å². The molecule has 8 nitrogen and oxygen atoms in total. The number of quaternary nitrogens is 1. The number of carbonyl (C=O) groups excluding carboxylic acids is 1. The van der Waals surface area contributed by atoms with Gasteiger partial charge in [-0.3, -0.25) is 13.8 Å². The fourth-order valence-corrected chi connectivity index (χ4v) is 8.03. The van der Waals surface area contributed by atoms with Crippen LogP contribution < -0.4 is 0 Å². The lowest BCUT2D eigenvalue weighted by Crippen LogP contribution is -2.37. The van der Waals surface area contributed by atoms with E-state index in [0.717, 1.165) is 32.1 Å². The number of likely N-dealkylation sites (N-methyl/N-ethyl adjacent to an activating group) is 1. The highest BCUT2D eigenvalue weighted by Gasteiger charge is 2.26. The standard InChI is InChI=1S/C49H98NO7P/c1-6-8-10-12-14-16-18-20-22-24-26-28-30-32-34-36-38-40-42-49(51)57-48(47-56-58(52,53)55-45-43-50(3,4)5)46-54-44-41-39-37-35-33-31-29-27-25-23-21-19-17-15-13-11-9-7-2/h41,44,48H,6-40,42-43,45-47H2,1-5H3/p+1/b44-41+/t48-/m1/s1. The number of allylic oxidation sites excluding steroid dienone is 1. The molecule has 0 amide bonds. The van der Waals surface area contributed by atoms with Gasteiger partial charge in [0, 0.05) is 6.42 Å². The molecule has 0 aliphatic carbocycles. The van der Waals surface area contributed by atoms with Gasteiger partial charge in [-0.25, -0.2) is 4.57 Å². The van der Waals surface area contributed by atoms with Crippen LogP contribution in [0.15, 0.2) is 12.3 Å². The average Bonchev–Trinajstić information content (AvgIpc) is 3.18. The van der Waals surface area contributed by atoms with Gasteiger partial charge in [0.05, 0.1) is 34.0 Å². The highest BCUT2D eigenvalue weighted by molar-refractivity contribution is 7.47. The molecule has 1 unspecified atom stereocenters. The number of phosphoric acid groups is 1. The van der Waals surface area contributed by atoms with Gasteiger partial charge in [-0.2, -0.15) is 0 Å². The van der Waals surface area contributed by atoms with Crippen molar-refractivity contribution in [3.8, 4) is 0 Å². The minimum Gasteiger partial charge on any atom is -0.498 e. The molecule has 0 aliphatic rings. The molecule has 0 aromatic rings. The maximum atomic E-state index is 12.7. The molecule has 0 saturated heterocycles. The van der Waals surface area contributed by atoms with E-state index in [1.54, 1.807) is 6.26 Å². The molecule has 0 aromatic carbocycles. The summed E-state index contributed by atoms with van der Waals surface area (Å²) in [6.07, 6.45) is 49.2. The summed E-state index contributed by atoms with van der Waals surface area (Å²) in [4.78, 5) is 22.9. The molecule has 0 fully saturated rings. The predicted molar refractivity (Wildman–Crippen MR) is 247 cm³/mol. The largest absolute Gasteiger partial charge is 0.498 e. The number of rotatable bonds is 47. The zero-order valence-electron chi connectivity index (χ0n) is 39.3. The van der Waals surface area contributed by atoms with Crippen LogP contribution in [0.2, 0.25) is 0 Å². The Morgan fingerprint density at radius 3 is 1.28 bits per heavy atom. The lowest BCUT2D eigenvalue weighted by molar-refractivity contribution is -0.870. The van der Waals surface area contributed by atoms with E-state index in [-0.39, 0.29) is 25.8 Å². The Bertz CT molecular complexity index is 940. The van der Waals surface area contributed by atoms with Gasteiger partial charge in [0.15, 0.2) is 6.10 Å². The molecule has 0 aliphatic heterocycles. The predicted octanol–water partition coefficient (Wildman–Crippen LogP) is 15.4. The number of ether oxygens (including phenoxy) is 2. The Labute approximate surface area is 360 Å². The SMILES string of the molecule is CCCCCCCCCCCCCCCCCC/C=C/OC[C@H](COP(=O)(O)OCC[N+](C)(C)C)OC(=O)CCCCCCCCCCCCCCCCCCCC. The molecule has 0 heterocycles. The van der Waals surface area contributed by atoms with E-state index in [4.69, 9.17) is 18.5 Å². The van der Waals surface area contributed by atoms with Gasteiger partial charge in [0.2, 0.25) is 0 Å². The van der Waals surface area contributed by atoms with Crippen LogP contribution in [-0.4, -0.2) is 69.0 Å². The number of nitrogens with zero attached hydrogens (tertiary/aromatic N) is 1. The number of unbranched alkanes of at least 4 members (excludes halogenated alkanes) is 33. The number of esters is 1. The maximum absolute atomic E-state index is 12.7. The third-order valence-electron chi connectivity index (χ3n) is 11.2. The first kappa shape index (κ1) is 57.1. The maximum Gasteiger partial charge on any atom is 0.472 e. The zero-order chi connectivity index (χ0) is 42.7. The van der Waals surface area contributed by atoms with Gasteiger partial charge in [0.25, 0.3) is 0 Å². The van der Waals surface area contributed by atoms with Gasteiger partial charge in [-0.15, -0.1) is 0 Å². The van der Waals surface area contributed by atoms with E-state index >= 15 is 0 Å². The smallest absolute Gasteiger partial charge is 0.472 e. The van der Waals surface area contributed by atoms with Gasteiger partial charge in [0.1, 0.15) is 19.8 Å². The van der Waals surface area contributed by atoms with Crippen LogP contribution in [0, 0.1) is 0 Å². The van der Waals surface area contributed by atoms with Crippen molar-refractivity contribution in [2.24, 2.45) is 0 Å². The van der Waals surface area contributed by atoms with E-state index in [1.807, 2.05) is 27.2 Å². The lowest BCUT2D eigenvalue weighted by Gasteiger charge is -2.24. The zero-order valence-corrected chi connectivity index (χ0v) is 40.2. The molecule has 1 N–H and O–H groups in total. The van der Waals surface area contributed by atoms with Crippen molar-refractivity contribution in [3.05, 3.63) is 12.3 Å². The Morgan fingerprint density at radius 2 is 0.897 bits per heavy atom. The van der Waals surface area contributed by atoms with E-state index in [2.05, 4.69) is 13.8 Å². The Kier molecular flexibility index (Phi) is 42.1. The highest BCUT2D eigenvalue weighted by Crippen LogP contribution is 2.43. The highest BCUT2D eigenvalue weighted by atomic mass is 31.2.